The van der Waals surface area contributed by atoms with Crippen LogP contribution in [0.2, 0.25) is 5.02 Å². The molecular weight excluding hydrogens is 364 g/mol. The molecule has 0 radical (unpaired) electrons. The number of hydrogen-bond acceptors (Lipinski definition) is 3. The number of aryl methyl sites for hydroxylation is 1. The Bertz CT molecular complexity index is 745. The molecule has 1 atom stereocenters. The maximum Gasteiger partial charge on any atom is 0.258 e. The predicted molar refractivity (Wildman–Crippen MR) is 105 cm³/mol. The lowest BCUT2D eigenvalue weighted by molar-refractivity contribution is -0.909. The van der Waals surface area contributed by atoms with E-state index in [2.05, 4.69) is 36.5 Å². The third-order valence-electron chi connectivity index (χ3n) is 4.67. The van der Waals surface area contributed by atoms with Crippen molar-refractivity contribution < 1.29 is 19.2 Å². The molecule has 3 rings (SSSR count). The predicted octanol–water partition coefficient (Wildman–Crippen LogP) is 1.80. The van der Waals surface area contributed by atoms with Gasteiger partial charge in [0.15, 0.2) is 6.61 Å². The maximum atomic E-state index is 12.5. The molecule has 5 nitrogen and oxygen atoms in total. The Hall–Kier alpha value is -2.08. The van der Waals surface area contributed by atoms with Crippen LogP contribution in [0.3, 0.4) is 0 Å². The molecule has 1 amide bonds. The van der Waals surface area contributed by atoms with E-state index < -0.39 is 0 Å². The zero-order valence-electron chi connectivity index (χ0n) is 15.5. The highest BCUT2D eigenvalue weighted by Crippen LogP contribution is 2.17. The Balaban J connectivity index is 1.62. The number of halogens is 1. The number of ether oxygens (including phenoxy) is 2. The van der Waals surface area contributed by atoms with Crippen LogP contribution in [-0.4, -0.2) is 45.4 Å². The van der Waals surface area contributed by atoms with E-state index in [9.17, 15) is 4.79 Å². The number of benzene rings is 2. The first-order valence-corrected chi connectivity index (χ1v) is 9.63. The van der Waals surface area contributed by atoms with Gasteiger partial charge in [0.05, 0.1) is 13.2 Å². The van der Waals surface area contributed by atoms with Crippen molar-refractivity contribution in [1.29, 1.82) is 0 Å². The third-order valence-corrected chi connectivity index (χ3v) is 4.91. The second-order valence-corrected chi connectivity index (χ2v) is 7.28. The Morgan fingerprint density at radius 3 is 2.67 bits per heavy atom. The molecule has 1 aliphatic heterocycles. The van der Waals surface area contributed by atoms with Crippen molar-refractivity contribution in [2.45, 2.75) is 13.0 Å². The quantitative estimate of drug-likeness (QED) is 0.759. The second-order valence-electron chi connectivity index (χ2n) is 6.84. The van der Waals surface area contributed by atoms with Crippen LogP contribution in [0.25, 0.3) is 0 Å². The van der Waals surface area contributed by atoms with Crippen molar-refractivity contribution in [1.82, 2.24) is 5.32 Å². The molecule has 0 spiro atoms. The lowest BCUT2D eigenvalue weighted by atomic mass is 10.0. The van der Waals surface area contributed by atoms with Crippen molar-refractivity contribution in [3.8, 4) is 5.75 Å². The van der Waals surface area contributed by atoms with Crippen LogP contribution in [0.4, 0.5) is 0 Å². The van der Waals surface area contributed by atoms with E-state index in [1.807, 2.05) is 0 Å². The molecule has 0 saturated carbocycles. The first-order valence-electron chi connectivity index (χ1n) is 9.26. The summed E-state index contributed by atoms with van der Waals surface area (Å²) in [5.74, 6) is 0.441. The summed E-state index contributed by atoms with van der Waals surface area (Å²) in [6.07, 6.45) is 0. The number of quaternary nitrogens is 1. The Morgan fingerprint density at radius 1 is 1.22 bits per heavy atom. The van der Waals surface area contributed by atoms with Crippen LogP contribution < -0.4 is 15.0 Å². The van der Waals surface area contributed by atoms with Crippen LogP contribution >= 0.6 is 11.6 Å². The molecule has 1 heterocycles. The molecule has 0 unspecified atom stereocenters. The van der Waals surface area contributed by atoms with E-state index in [1.54, 1.807) is 24.3 Å². The number of hydrogen-bond donors (Lipinski definition) is 2. The van der Waals surface area contributed by atoms with E-state index in [4.69, 9.17) is 21.1 Å². The summed E-state index contributed by atoms with van der Waals surface area (Å²) < 4.78 is 11.0. The monoisotopic (exact) mass is 389 g/mol. The molecule has 2 N–H and O–H groups in total. The normalized spacial score (nSPS) is 15.9. The Labute approximate surface area is 165 Å². The van der Waals surface area contributed by atoms with Gasteiger partial charge in [-0.2, -0.15) is 0 Å². The zero-order chi connectivity index (χ0) is 19.1. The summed E-state index contributed by atoms with van der Waals surface area (Å²) in [5.41, 5.74) is 2.31. The third kappa shape index (κ3) is 6.24. The van der Waals surface area contributed by atoms with E-state index >= 15 is 0 Å². The lowest BCUT2D eigenvalue weighted by Gasteiger charge is -2.28. The molecule has 6 heteroatoms. The molecule has 27 heavy (non-hydrogen) atoms. The highest BCUT2D eigenvalue weighted by atomic mass is 35.5. The SMILES string of the molecule is Cc1ccc([C@H](C[NH+]2CCOCC2)NC(=O)COc2cccc(Cl)c2)cc1. The molecule has 1 saturated heterocycles. The minimum atomic E-state index is -0.145. The fourth-order valence-electron chi connectivity index (χ4n) is 3.15. The summed E-state index contributed by atoms with van der Waals surface area (Å²) in [7, 11) is 0. The highest BCUT2D eigenvalue weighted by molar-refractivity contribution is 6.30. The van der Waals surface area contributed by atoms with Crippen LogP contribution in [0.15, 0.2) is 48.5 Å². The molecule has 0 bridgehead atoms. The number of amides is 1. The van der Waals surface area contributed by atoms with E-state index in [1.165, 1.54) is 10.5 Å². The van der Waals surface area contributed by atoms with Gasteiger partial charge in [0.2, 0.25) is 0 Å². The van der Waals surface area contributed by atoms with Gasteiger partial charge in [-0.05, 0) is 30.7 Å². The fraction of sp³-hybridized carbons (Fsp3) is 0.381. The van der Waals surface area contributed by atoms with Crippen molar-refractivity contribution >= 4 is 17.5 Å². The second kappa shape index (κ2) is 9.74. The van der Waals surface area contributed by atoms with Crippen molar-refractivity contribution in [3.05, 3.63) is 64.7 Å². The van der Waals surface area contributed by atoms with Crippen LogP contribution in [0.1, 0.15) is 17.2 Å². The van der Waals surface area contributed by atoms with Crippen molar-refractivity contribution in [2.24, 2.45) is 0 Å². The average molecular weight is 390 g/mol. The lowest BCUT2D eigenvalue weighted by Crippen LogP contribution is -3.14. The largest absolute Gasteiger partial charge is 0.484 e. The van der Waals surface area contributed by atoms with Gasteiger partial charge in [-0.1, -0.05) is 47.5 Å². The van der Waals surface area contributed by atoms with E-state index in [0.717, 1.165) is 38.4 Å². The number of carbonyl (C=O) groups excluding carboxylic acids is 1. The molecular formula is C21H26ClN2O3+. The Morgan fingerprint density at radius 2 is 1.96 bits per heavy atom. The molecule has 2 aromatic carbocycles. The molecule has 144 valence electrons. The van der Waals surface area contributed by atoms with Crippen molar-refractivity contribution in [3.63, 3.8) is 0 Å². The van der Waals surface area contributed by atoms with Gasteiger partial charge in [0.25, 0.3) is 5.91 Å². The van der Waals surface area contributed by atoms with Gasteiger partial charge < -0.3 is 19.7 Å². The summed E-state index contributed by atoms with van der Waals surface area (Å²) in [4.78, 5) is 13.9. The first kappa shape index (κ1) is 19.7. The highest BCUT2D eigenvalue weighted by Gasteiger charge is 2.23. The number of carbonyl (C=O) groups is 1. The number of rotatable bonds is 7. The summed E-state index contributed by atoms with van der Waals surface area (Å²) in [6, 6.07) is 15.3. The first-order chi connectivity index (χ1) is 13.1. The van der Waals surface area contributed by atoms with Gasteiger partial charge >= 0.3 is 0 Å². The van der Waals surface area contributed by atoms with Gasteiger partial charge in [-0.25, -0.2) is 0 Å². The van der Waals surface area contributed by atoms with Gasteiger partial charge in [0, 0.05) is 5.02 Å². The van der Waals surface area contributed by atoms with Crippen LogP contribution in [-0.2, 0) is 9.53 Å². The topological polar surface area (TPSA) is 52.0 Å². The average Bonchev–Trinajstić information content (AvgIpc) is 2.67. The standard InChI is InChI=1S/C21H25ClN2O3/c1-16-5-7-17(8-6-16)20(14-24-9-11-26-12-10-24)23-21(25)15-27-19-4-2-3-18(22)13-19/h2-8,13,20H,9-12,14-15H2,1H3,(H,23,25)/p+1/t20-/m0/s1. The van der Waals surface area contributed by atoms with Gasteiger partial charge in [-0.3, -0.25) is 4.79 Å². The molecule has 1 aliphatic rings. The minimum absolute atomic E-state index is 0.0405. The summed E-state index contributed by atoms with van der Waals surface area (Å²) >= 11 is 5.95. The molecule has 2 aromatic rings. The smallest absolute Gasteiger partial charge is 0.258 e. The molecule has 0 aliphatic carbocycles. The minimum Gasteiger partial charge on any atom is -0.484 e. The van der Waals surface area contributed by atoms with Gasteiger partial charge in [-0.15, -0.1) is 0 Å². The van der Waals surface area contributed by atoms with E-state index in [0.29, 0.717) is 10.8 Å². The van der Waals surface area contributed by atoms with E-state index in [-0.39, 0.29) is 18.6 Å². The summed E-state index contributed by atoms with van der Waals surface area (Å²) in [5, 5.41) is 3.71. The van der Waals surface area contributed by atoms with Crippen LogP contribution in [0, 0.1) is 6.92 Å². The van der Waals surface area contributed by atoms with Gasteiger partial charge in [0.1, 0.15) is 31.4 Å². The Kier molecular flexibility index (Phi) is 7.10. The number of nitrogens with one attached hydrogen (secondary N) is 2. The molecule has 0 aromatic heterocycles. The fourth-order valence-corrected chi connectivity index (χ4v) is 3.33. The molecule has 1 fully saturated rings. The number of morpholine rings is 1. The zero-order valence-corrected chi connectivity index (χ0v) is 16.3. The maximum absolute atomic E-state index is 12.5. The summed E-state index contributed by atoms with van der Waals surface area (Å²) in [6.45, 7) is 6.29. The van der Waals surface area contributed by atoms with Crippen molar-refractivity contribution in [2.75, 3.05) is 39.5 Å². The van der Waals surface area contributed by atoms with Crippen LogP contribution in [0.5, 0.6) is 5.75 Å².